The second-order valence-corrected chi connectivity index (χ2v) is 12.9. The average Bonchev–Trinajstić information content (AvgIpc) is 2.88. The van der Waals surface area contributed by atoms with Gasteiger partial charge in [0.15, 0.2) is 0 Å². The number of rotatable bonds is 1. The molecule has 3 aromatic carbocycles. The lowest BCUT2D eigenvalue weighted by Crippen LogP contribution is -2.14. The summed E-state index contributed by atoms with van der Waals surface area (Å²) in [7, 11) is 0. The molecule has 0 saturated carbocycles. The smallest absolute Gasteiger partial charge is 0.126 e. The lowest BCUT2D eigenvalue weighted by atomic mass is 9.84. The molecule has 0 unspecified atom stereocenters. The molecule has 1 heterocycles. The average molecular weight is 560 g/mol. The number of phenolic OH excluding ortho intramolecular Hbond substituents is 3. The molecule has 1 aliphatic rings. The Morgan fingerprint density at radius 2 is 0.829 bits per heavy atom. The van der Waals surface area contributed by atoms with Crippen molar-refractivity contribution in [3.05, 3.63) is 86.5 Å². The summed E-state index contributed by atoms with van der Waals surface area (Å²) in [5, 5.41) is 42.7. The van der Waals surface area contributed by atoms with Crippen LogP contribution in [0.2, 0.25) is 0 Å². The number of hydrogen-bond donors (Lipinski definition) is 3. The zero-order valence-corrected chi connectivity index (χ0v) is 24.9. The summed E-state index contributed by atoms with van der Waals surface area (Å²) in [6, 6.07) is 13.5. The summed E-state index contributed by atoms with van der Waals surface area (Å²) in [5.74, 6) is 0.246. The fourth-order valence-electron chi connectivity index (χ4n) is 4.88. The van der Waals surface area contributed by atoms with Crippen molar-refractivity contribution >= 4 is 0 Å². The summed E-state index contributed by atoms with van der Waals surface area (Å²) in [5.41, 5.74) is 6.01. The quantitative estimate of drug-likeness (QED) is 0.296. The van der Waals surface area contributed by atoms with E-state index in [1.54, 1.807) is 12.1 Å². The normalized spacial score (nSPS) is 15.0. The summed E-state index contributed by atoms with van der Waals surface area (Å²) in [6.07, 6.45) is 0.176. The summed E-state index contributed by atoms with van der Waals surface area (Å²) >= 11 is 0. The van der Waals surface area contributed by atoms with Crippen molar-refractivity contribution in [3.8, 4) is 23.3 Å². The topological polar surface area (TPSA) is 112 Å². The Morgan fingerprint density at radius 1 is 0.561 bits per heavy atom. The molecule has 41 heavy (non-hydrogen) atoms. The van der Waals surface area contributed by atoms with Gasteiger partial charge >= 0.3 is 0 Å². The Kier molecular flexibility index (Phi) is 8.98. The molecule has 0 saturated heterocycles. The minimum atomic E-state index is -0.179. The van der Waals surface area contributed by atoms with Crippen LogP contribution in [0.25, 0.3) is 0 Å². The summed E-state index contributed by atoms with van der Waals surface area (Å²) in [6.45, 7) is 13.3. The molecule has 7 nitrogen and oxygen atoms in total. The van der Waals surface area contributed by atoms with Crippen LogP contribution in [0.15, 0.2) is 36.4 Å². The van der Waals surface area contributed by atoms with Gasteiger partial charge < -0.3 is 29.5 Å². The molecule has 0 fully saturated rings. The number of hydrogen-bond acceptors (Lipinski definition) is 7. The Morgan fingerprint density at radius 3 is 1.07 bits per heavy atom. The van der Waals surface area contributed by atoms with E-state index in [2.05, 4.69) is 47.6 Å². The number of benzene rings is 3. The summed E-state index contributed by atoms with van der Waals surface area (Å²) < 4.78 is 18.1. The van der Waals surface area contributed by atoms with E-state index in [0.29, 0.717) is 33.4 Å². The van der Waals surface area contributed by atoms with Crippen molar-refractivity contribution in [1.82, 2.24) is 0 Å². The second kappa shape index (κ2) is 12.1. The van der Waals surface area contributed by atoms with Gasteiger partial charge in [0, 0.05) is 33.4 Å². The first-order valence-corrected chi connectivity index (χ1v) is 13.9. The highest BCUT2D eigenvalue weighted by atomic mass is 16.5. The first-order chi connectivity index (χ1) is 19.3. The van der Waals surface area contributed by atoms with Crippen molar-refractivity contribution in [2.75, 3.05) is 0 Å². The first kappa shape index (κ1) is 30.4. The molecule has 0 aliphatic carbocycles. The zero-order chi connectivity index (χ0) is 29.9. The number of nitrogens with zero attached hydrogens (tertiary/aromatic N) is 1. The van der Waals surface area contributed by atoms with Crippen LogP contribution in [0, 0.1) is 11.3 Å². The Hall–Kier alpha value is -3.57. The molecule has 3 N–H and O–H groups in total. The van der Waals surface area contributed by atoms with E-state index in [-0.39, 0.29) is 74.1 Å². The minimum Gasteiger partial charge on any atom is -0.507 e. The summed E-state index contributed by atoms with van der Waals surface area (Å²) in [4.78, 5) is 0. The highest BCUT2D eigenvalue weighted by Gasteiger charge is 2.22. The third kappa shape index (κ3) is 7.20. The predicted octanol–water partition coefficient (Wildman–Crippen LogP) is 6.93. The number of aromatic hydroxyl groups is 3. The number of nitriles is 1. The van der Waals surface area contributed by atoms with Crippen LogP contribution in [0.3, 0.4) is 0 Å². The van der Waals surface area contributed by atoms with Gasteiger partial charge in [0.05, 0.1) is 52.1 Å². The lowest BCUT2D eigenvalue weighted by Gasteiger charge is -2.24. The standard InChI is InChI=1S/C34H41NO6/c1-33(2,3)28-11-24-17-39-15-22-9-21(7-8-35)10-23(30(22)36)16-40-18-25-12-29(34(4,5)6)14-27(32(25)38)20-41-19-26(13-28)31(24)37/h9-14,36-38H,7,15-20H2,1-6H3. The molecule has 6 bridgehead atoms. The van der Waals surface area contributed by atoms with Crippen molar-refractivity contribution < 1.29 is 29.5 Å². The number of fused-ring (bicyclic) bond motifs is 6. The molecular formula is C34H41NO6. The maximum atomic E-state index is 11.2. The van der Waals surface area contributed by atoms with Crippen LogP contribution >= 0.6 is 0 Å². The Bertz CT molecular complexity index is 1360. The van der Waals surface area contributed by atoms with Crippen molar-refractivity contribution in [3.63, 3.8) is 0 Å². The molecule has 4 rings (SSSR count). The number of phenols is 3. The van der Waals surface area contributed by atoms with Gasteiger partial charge in [0.25, 0.3) is 0 Å². The van der Waals surface area contributed by atoms with E-state index in [4.69, 9.17) is 14.2 Å². The first-order valence-electron chi connectivity index (χ1n) is 13.9. The van der Waals surface area contributed by atoms with Gasteiger partial charge in [-0.15, -0.1) is 0 Å². The molecule has 0 amide bonds. The maximum absolute atomic E-state index is 11.2. The SMILES string of the molecule is CC(C)(C)c1cc2c(O)c(c1)COCc1cc(C(C)(C)C)cc(c1O)COCc1cc(CC#N)cc(c1O)COC2. The van der Waals surface area contributed by atoms with E-state index in [1.165, 1.54) is 0 Å². The van der Waals surface area contributed by atoms with Crippen molar-refractivity contribution in [2.45, 2.75) is 98.4 Å². The van der Waals surface area contributed by atoms with Gasteiger partial charge in [-0.3, -0.25) is 0 Å². The minimum absolute atomic E-state index is 0.0444. The Balaban J connectivity index is 1.81. The molecule has 218 valence electrons. The van der Waals surface area contributed by atoms with Gasteiger partial charge in [-0.1, -0.05) is 41.5 Å². The third-order valence-electron chi connectivity index (χ3n) is 7.42. The monoisotopic (exact) mass is 559 g/mol. The van der Waals surface area contributed by atoms with E-state index >= 15 is 0 Å². The van der Waals surface area contributed by atoms with Crippen molar-refractivity contribution in [2.24, 2.45) is 0 Å². The van der Waals surface area contributed by atoms with Gasteiger partial charge in [-0.2, -0.15) is 5.26 Å². The van der Waals surface area contributed by atoms with Crippen LogP contribution < -0.4 is 0 Å². The maximum Gasteiger partial charge on any atom is 0.126 e. The largest absolute Gasteiger partial charge is 0.507 e. The Labute approximate surface area is 242 Å². The molecule has 0 atom stereocenters. The van der Waals surface area contributed by atoms with Gasteiger partial charge in [0.2, 0.25) is 0 Å². The molecular weight excluding hydrogens is 518 g/mol. The van der Waals surface area contributed by atoms with E-state index in [0.717, 1.165) is 16.7 Å². The molecule has 0 aromatic heterocycles. The molecule has 0 spiro atoms. The van der Waals surface area contributed by atoms with Crippen LogP contribution in [0.1, 0.15) is 91.6 Å². The van der Waals surface area contributed by atoms with Gasteiger partial charge in [0.1, 0.15) is 17.2 Å². The van der Waals surface area contributed by atoms with Crippen LogP contribution in [0.4, 0.5) is 0 Å². The lowest BCUT2D eigenvalue weighted by molar-refractivity contribution is 0.0928. The fraction of sp³-hybridized carbons (Fsp3) is 0.441. The third-order valence-corrected chi connectivity index (χ3v) is 7.42. The molecule has 0 radical (unpaired) electrons. The van der Waals surface area contributed by atoms with Crippen LogP contribution in [0.5, 0.6) is 17.2 Å². The van der Waals surface area contributed by atoms with E-state index in [1.807, 2.05) is 24.3 Å². The van der Waals surface area contributed by atoms with E-state index in [9.17, 15) is 20.6 Å². The van der Waals surface area contributed by atoms with Crippen molar-refractivity contribution in [1.29, 1.82) is 5.26 Å². The van der Waals surface area contributed by atoms with Crippen LogP contribution in [-0.4, -0.2) is 15.3 Å². The highest BCUT2D eigenvalue weighted by Crippen LogP contribution is 2.36. The number of ether oxygens (including phenoxy) is 3. The zero-order valence-electron chi connectivity index (χ0n) is 24.9. The molecule has 7 heteroatoms. The van der Waals surface area contributed by atoms with Gasteiger partial charge in [-0.05, 0) is 63.9 Å². The highest BCUT2D eigenvalue weighted by molar-refractivity contribution is 5.47. The molecule has 3 aromatic rings. The van der Waals surface area contributed by atoms with E-state index < -0.39 is 0 Å². The fourth-order valence-corrected chi connectivity index (χ4v) is 4.88. The van der Waals surface area contributed by atoms with Crippen LogP contribution in [-0.2, 0) is 71.1 Å². The molecule has 1 aliphatic heterocycles. The predicted molar refractivity (Wildman–Crippen MR) is 157 cm³/mol. The second-order valence-electron chi connectivity index (χ2n) is 12.9. The van der Waals surface area contributed by atoms with Gasteiger partial charge in [-0.25, -0.2) is 0 Å².